The fourth-order valence-electron chi connectivity index (χ4n) is 2.38. The summed E-state index contributed by atoms with van der Waals surface area (Å²) in [6.45, 7) is 5.14. The summed E-state index contributed by atoms with van der Waals surface area (Å²) in [6.07, 6.45) is 6.22. The maximum atomic E-state index is 4.67. The third-order valence-electron chi connectivity index (χ3n) is 3.24. The van der Waals surface area contributed by atoms with Crippen LogP contribution in [0.5, 0.6) is 0 Å². The Balaban J connectivity index is 2.24. The second-order valence-corrected chi connectivity index (χ2v) is 4.46. The Morgan fingerprint density at radius 2 is 2.00 bits per heavy atom. The minimum absolute atomic E-state index is 0.672. The molecule has 88 valence electrons. The van der Waals surface area contributed by atoms with E-state index in [1.165, 1.54) is 31.4 Å². The Morgan fingerprint density at radius 1 is 1.25 bits per heavy atom. The van der Waals surface area contributed by atoms with Crippen LogP contribution < -0.4 is 5.32 Å². The van der Waals surface area contributed by atoms with E-state index >= 15 is 0 Å². The summed E-state index contributed by atoms with van der Waals surface area (Å²) in [5.41, 5.74) is 1.25. The average molecular weight is 219 g/mol. The second kappa shape index (κ2) is 5.28. The molecule has 3 nitrogen and oxygen atoms in total. The number of hydrogen-bond donors (Lipinski definition) is 1. The van der Waals surface area contributed by atoms with Crippen LogP contribution in [0.4, 0.5) is 5.82 Å². The quantitative estimate of drug-likeness (QED) is 0.845. The van der Waals surface area contributed by atoms with Gasteiger partial charge >= 0.3 is 0 Å². The number of nitrogens with zero attached hydrogens (tertiary/aromatic N) is 2. The summed E-state index contributed by atoms with van der Waals surface area (Å²) in [7, 11) is 0. The van der Waals surface area contributed by atoms with Crippen molar-refractivity contribution in [2.75, 3.05) is 11.9 Å². The van der Waals surface area contributed by atoms with Gasteiger partial charge in [-0.25, -0.2) is 9.97 Å². The molecule has 1 aromatic heterocycles. The highest BCUT2D eigenvalue weighted by Crippen LogP contribution is 2.33. The van der Waals surface area contributed by atoms with Gasteiger partial charge in [0, 0.05) is 30.6 Å². The zero-order valence-corrected chi connectivity index (χ0v) is 10.3. The van der Waals surface area contributed by atoms with Gasteiger partial charge in [-0.1, -0.05) is 19.8 Å². The molecule has 2 rings (SSSR count). The van der Waals surface area contributed by atoms with Crippen molar-refractivity contribution in [1.82, 2.24) is 9.97 Å². The molecule has 1 fully saturated rings. The smallest absolute Gasteiger partial charge is 0.130 e. The van der Waals surface area contributed by atoms with E-state index in [9.17, 15) is 0 Å². The highest BCUT2D eigenvalue weighted by atomic mass is 15.0. The first-order valence-electron chi connectivity index (χ1n) is 6.45. The molecule has 1 saturated carbocycles. The largest absolute Gasteiger partial charge is 0.370 e. The SMILES string of the molecule is CCNc1cc(C2CCCC2)nc(CC)n1. The molecule has 3 heteroatoms. The number of aryl methyl sites for hydroxylation is 1. The Kier molecular flexibility index (Phi) is 3.75. The summed E-state index contributed by atoms with van der Waals surface area (Å²) in [5.74, 6) is 2.64. The summed E-state index contributed by atoms with van der Waals surface area (Å²) < 4.78 is 0. The van der Waals surface area contributed by atoms with Crippen LogP contribution in [0.1, 0.15) is 57.0 Å². The Morgan fingerprint density at radius 3 is 2.62 bits per heavy atom. The van der Waals surface area contributed by atoms with Crippen LogP contribution in [0.3, 0.4) is 0 Å². The number of aromatic nitrogens is 2. The topological polar surface area (TPSA) is 37.8 Å². The first-order valence-corrected chi connectivity index (χ1v) is 6.45. The molecule has 1 aromatic rings. The zero-order chi connectivity index (χ0) is 11.4. The number of rotatable bonds is 4. The fraction of sp³-hybridized carbons (Fsp3) is 0.692. The van der Waals surface area contributed by atoms with Gasteiger partial charge in [0.25, 0.3) is 0 Å². The predicted molar refractivity (Wildman–Crippen MR) is 66.8 cm³/mol. The summed E-state index contributed by atoms with van der Waals surface area (Å²) in [6, 6.07) is 2.14. The van der Waals surface area contributed by atoms with Crippen LogP contribution in [0.15, 0.2) is 6.07 Å². The Labute approximate surface area is 97.7 Å². The van der Waals surface area contributed by atoms with Crippen LogP contribution >= 0.6 is 0 Å². The second-order valence-electron chi connectivity index (χ2n) is 4.46. The molecule has 0 aromatic carbocycles. The third-order valence-corrected chi connectivity index (χ3v) is 3.24. The van der Waals surface area contributed by atoms with Crippen molar-refractivity contribution in [3.8, 4) is 0 Å². The van der Waals surface area contributed by atoms with E-state index < -0.39 is 0 Å². The lowest BCUT2D eigenvalue weighted by Gasteiger charge is -2.12. The highest BCUT2D eigenvalue weighted by Gasteiger charge is 2.19. The first-order chi connectivity index (χ1) is 7.83. The molecule has 1 heterocycles. The van der Waals surface area contributed by atoms with E-state index in [0.29, 0.717) is 5.92 Å². The minimum atomic E-state index is 0.672. The molecule has 1 N–H and O–H groups in total. The lowest BCUT2D eigenvalue weighted by atomic mass is 10.0. The molecule has 0 amide bonds. The fourth-order valence-corrected chi connectivity index (χ4v) is 2.38. The number of hydrogen-bond acceptors (Lipinski definition) is 3. The van der Waals surface area contributed by atoms with E-state index in [1.807, 2.05) is 0 Å². The first kappa shape index (κ1) is 11.4. The summed E-state index contributed by atoms with van der Waals surface area (Å²) in [5, 5.41) is 3.29. The van der Waals surface area contributed by atoms with E-state index in [4.69, 9.17) is 0 Å². The van der Waals surface area contributed by atoms with Gasteiger partial charge in [0.2, 0.25) is 0 Å². The summed E-state index contributed by atoms with van der Waals surface area (Å²) in [4.78, 5) is 9.16. The van der Waals surface area contributed by atoms with Gasteiger partial charge in [0.15, 0.2) is 0 Å². The minimum Gasteiger partial charge on any atom is -0.370 e. The van der Waals surface area contributed by atoms with E-state index in [1.54, 1.807) is 0 Å². The van der Waals surface area contributed by atoms with E-state index in [-0.39, 0.29) is 0 Å². The van der Waals surface area contributed by atoms with Gasteiger partial charge in [-0.3, -0.25) is 0 Å². The van der Waals surface area contributed by atoms with Crippen LogP contribution in [-0.4, -0.2) is 16.5 Å². The lowest BCUT2D eigenvalue weighted by molar-refractivity contribution is 0.685. The van der Waals surface area contributed by atoms with E-state index in [0.717, 1.165) is 24.6 Å². The van der Waals surface area contributed by atoms with Gasteiger partial charge in [-0.15, -0.1) is 0 Å². The van der Waals surface area contributed by atoms with Crippen molar-refractivity contribution in [3.05, 3.63) is 17.6 Å². The standard InChI is InChI=1S/C13H21N3/c1-3-12-15-11(10-7-5-6-8-10)9-13(16-12)14-4-2/h9-10H,3-8H2,1-2H3,(H,14,15,16). The van der Waals surface area contributed by atoms with Gasteiger partial charge < -0.3 is 5.32 Å². The predicted octanol–water partition coefficient (Wildman–Crippen LogP) is 3.13. The molecule has 0 aliphatic heterocycles. The molecule has 0 atom stereocenters. The van der Waals surface area contributed by atoms with Crippen molar-refractivity contribution < 1.29 is 0 Å². The maximum absolute atomic E-state index is 4.67. The monoisotopic (exact) mass is 219 g/mol. The van der Waals surface area contributed by atoms with Crippen molar-refractivity contribution in [1.29, 1.82) is 0 Å². The lowest BCUT2D eigenvalue weighted by Crippen LogP contribution is -2.07. The van der Waals surface area contributed by atoms with Crippen LogP contribution in [0.2, 0.25) is 0 Å². The number of anilines is 1. The zero-order valence-electron chi connectivity index (χ0n) is 10.3. The van der Waals surface area contributed by atoms with Crippen LogP contribution in [0, 0.1) is 0 Å². The summed E-state index contributed by atoms with van der Waals surface area (Å²) >= 11 is 0. The van der Waals surface area contributed by atoms with Crippen LogP contribution in [0.25, 0.3) is 0 Å². The van der Waals surface area contributed by atoms with E-state index in [2.05, 4.69) is 35.2 Å². The molecular formula is C13H21N3. The molecule has 0 radical (unpaired) electrons. The van der Waals surface area contributed by atoms with Gasteiger partial charge in [-0.05, 0) is 19.8 Å². The van der Waals surface area contributed by atoms with Gasteiger partial charge in [0.1, 0.15) is 11.6 Å². The Bertz CT molecular complexity index is 343. The van der Waals surface area contributed by atoms with Crippen molar-refractivity contribution in [2.45, 2.75) is 51.9 Å². The highest BCUT2D eigenvalue weighted by molar-refractivity contribution is 5.37. The molecule has 0 saturated heterocycles. The average Bonchev–Trinajstić information content (AvgIpc) is 2.82. The molecule has 1 aliphatic rings. The van der Waals surface area contributed by atoms with Crippen molar-refractivity contribution in [2.24, 2.45) is 0 Å². The Hall–Kier alpha value is -1.12. The molecule has 0 unspecified atom stereocenters. The molecule has 0 spiro atoms. The molecule has 1 aliphatic carbocycles. The van der Waals surface area contributed by atoms with Crippen LogP contribution in [-0.2, 0) is 6.42 Å². The maximum Gasteiger partial charge on any atom is 0.130 e. The van der Waals surface area contributed by atoms with Crippen molar-refractivity contribution >= 4 is 5.82 Å². The van der Waals surface area contributed by atoms with Gasteiger partial charge in [0.05, 0.1) is 0 Å². The molecule has 16 heavy (non-hydrogen) atoms. The van der Waals surface area contributed by atoms with Gasteiger partial charge in [-0.2, -0.15) is 0 Å². The van der Waals surface area contributed by atoms with Crippen molar-refractivity contribution in [3.63, 3.8) is 0 Å². The third kappa shape index (κ3) is 2.52. The molecular weight excluding hydrogens is 198 g/mol. The normalized spacial score (nSPS) is 16.6. The number of nitrogens with one attached hydrogen (secondary N) is 1. The molecule has 0 bridgehead atoms.